The van der Waals surface area contributed by atoms with Gasteiger partial charge in [0.25, 0.3) is 5.91 Å². The summed E-state index contributed by atoms with van der Waals surface area (Å²) >= 11 is 0. The molecule has 0 radical (unpaired) electrons. The van der Waals surface area contributed by atoms with Crippen LogP contribution in [-0.2, 0) is 22.7 Å². The fourth-order valence-electron chi connectivity index (χ4n) is 4.82. The Kier molecular flexibility index (Phi) is 5.44. The molecule has 7 nitrogen and oxygen atoms in total. The van der Waals surface area contributed by atoms with Crippen LogP contribution in [0.15, 0.2) is 18.2 Å². The first-order valence-corrected chi connectivity index (χ1v) is 10.5. The Balaban J connectivity index is 1.35. The zero-order chi connectivity index (χ0) is 20.6. The molecule has 0 bridgehead atoms. The summed E-state index contributed by atoms with van der Waals surface area (Å²) in [6.07, 6.45) is 1.87. The zero-order valence-corrected chi connectivity index (χ0v) is 17.2. The average Bonchev–Trinajstić information content (AvgIpc) is 2.97. The van der Waals surface area contributed by atoms with Crippen molar-refractivity contribution >= 4 is 17.7 Å². The minimum absolute atomic E-state index is 0.116. The van der Waals surface area contributed by atoms with Gasteiger partial charge >= 0.3 is 0 Å². The van der Waals surface area contributed by atoms with Gasteiger partial charge in [0.05, 0.1) is 0 Å². The molecule has 2 fully saturated rings. The summed E-state index contributed by atoms with van der Waals surface area (Å²) in [7, 11) is 0. The smallest absolute Gasteiger partial charge is 0.255 e. The Morgan fingerprint density at radius 2 is 2.07 bits per heavy atom. The van der Waals surface area contributed by atoms with Crippen molar-refractivity contribution in [3.05, 3.63) is 34.9 Å². The van der Waals surface area contributed by atoms with Crippen LogP contribution < -0.4 is 16.0 Å². The molecular weight excluding hydrogens is 368 g/mol. The van der Waals surface area contributed by atoms with E-state index in [0.29, 0.717) is 29.9 Å². The van der Waals surface area contributed by atoms with Crippen molar-refractivity contribution in [1.29, 1.82) is 0 Å². The quantitative estimate of drug-likeness (QED) is 0.648. The van der Waals surface area contributed by atoms with Crippen LogP contribution in [0.3, 0.4) is 0 Å². The van der Waals surface area contributed by atoms with Crippen LogP contribution in [0.25, 0.3) is 0 Å². The number of amides is 3. The number of imide groups is 1. The first-order chi connectivity index (χ1) is 13.8. The van der Waals surface area contributed by atoms with Crippen molar-refractivity contribution in [3.8, 4) is 0 Å². The third-order valence-electron chi connectivity index (χ3n) is 6.23. The van der Waals surface area contributed by atoms with Gasteiger partial charge in [0.1, 0.15) is 6.04 Å². The maximum atomic E-state index is 12.9. The summed E-state index contributed by atoms with van der Waals surface area (Å²) < 4.78 is 0. The zero-order valence-electron chi connectivity index (χ0n) is 17.2. The average molecular weight is 399 g/mol. The van der Waals surface area contributed by atoms with Crippen LogP contribution in [0.2, 0.25) is 0 Å². The van der Waals surface area contributed by atoms with E-state index in [2.05, 4.69) is 35.9 Å². The second-order valence-electron chi connectivity index (χ2n) is 9.39. The number of benzene rings is 1. The Morgan fingerprint density at radius 1 is 1.24 bits per heavy atom. The van der Waals surface area contributed by atoms with Crippen molar-refractivity contribution < 1.29 is 14.4 Å². The minimum Gasteiger partial charge on any atom is -0.322 e. The van der Waals surface area contributed by atoms with E-state index in [-0.39, 0.29) is 24.1 Å². The normalized spacial score (nSPS) is 26.4. The van der Waals surface area contributed by atoms with Gasteiger partial charge in [-0.3, -0.25) is 19.7 Å². The van der Waals surface area contributed by atoms with Gasteiger partial charge in [-0.2, -0.15) is 0 Å². The molecule has 156 valence electrons. The largest absolute Gasteiger partial charge is 0.322 e. The van der Waals surface area contributed by atoms with Crippen molar-refractivity contribution in [3.63, 3.8) is 0 Å². The topological polar surface area (TPSA) is 90.5 Å². The van der Waals surface area contributed by atoms with Gasteiger partial charge in [-0.15, -0.1) is 0 Å². The molecule has 0 aromatic heterocycles. The van der Waals surface area contributed by atoms with Gasteiger partial charge in [-0.05, 0) is 54.5 Å². The van der Waals surface area contributed by atoms with E-state index in [1.165, 1.54) is 6.42 Å². The number of fused-ring (bicyclic) bond motifs is 1. The Morgan fingerprint density at radius 3 is 2.83 bits per heavy atom. The van der Waals surface area contributed by atoms with Crippen LogP contribution in [0.5, 0.6) is 0 Å². The highest BCUT2D eigenvalue weighted by atomic mass is 16.2. The number of nitrogens with one attached hydrogen (secondary N) is 3. The van der Waals surface area contributed by atoms with E-state index in [9.17, 15) is 14.4 Å². The molecule has 3 N–H and O–H groups in total. The predicted molar refractivity (Wildman–Crippen MR) is 109 cm³/mol. The SMILES string of the molecule is CC1(C)CNCC(CNCc2ccc3c(c2)C(=O)N(C2CCC(=O)NC2=O)C3)C1. The van der Waals surface area contributed by atoms with E-state index < -0.39 is 6.04 Å². The minimum atomic E-state index is -0.559. The van der Waals surface area contributed by atoms with Gasteiger partial charge in [-0.25, -0.2) is 0 Å². The first-order valence-electron chi connectivity index (χ1n) is 10.5. The molecule has 3 aliphatic heterocycles. The summed E-state index contributed by atoms with van der Waals surface area (Å²) in [6, 6.07) is 5.42. The summed E-state index contributed by atoms with van der Waals surface area (Å²) in [5, 5.41) is 9.39. The number of piperidine rings is 2. The molecule has 2 atom stereocenters. The van der Waals surface area contributed by atoms with Gasteiger partial charge in [0, 0.05) is 31.6 Å². The molecule has 3 heterocycles. The van der Waals surface area contributed by atoms with Crippen LogP contribution in [0.4, 0.5) is 0 Å². The van der Waals surface area contributed by atoms with E-state index in [1.807, 2.05) is 12.1 Å². The molecule has 1 aromatic rings. The molecule has 29 heavy (non-hydrogen) atoms. The Hall–Kier alpha value is -2.25. The van der Waals surface area contributed by atoms with Gasteiger partial charge in [-0.1, -0.05) is 26.0 Å². The lowest BCUT2D eigenvalue weighted by Crippen LogP contribution is -2.52. The van der Waals surface area contributed by atoms with Crippen LogP contribution in [0, 0.1) is 11.3 Å². The molecule has 2 saturated heterocycles. The van der Waals surface area contributed by atoms with Crippen LogP contribution in [-0.4, -0.2) is 48.3 Å². The molecule has 2 unspecified atom stereocenters. The van der Waals surface area contributed by atoms with E-state index in [1.54, 1.807) is 4.90 Å². The fraction of sp³-hybridized carbons (Fsp3) is 0.591. The molecule has 3 aliphatic rings. The first kappa shape index (κ1) is 20.0. The molecular formula is C22H30N4O3. The van der Waals surface area contributed by atoms with Crippen molar-refractivity contribution in [2.45, 2.75) is 52.2 Å². The van der Waals surface area contributed by atoms with Gasteiger partial charge in [0.15, 0.2) is 0 Å². The lowest BCUT2D eigenvalue weighted by Gasteiger charge is -2.36. The highest BCUT2D eigenvalue weighted by Gasteiger charge is 2.39. The van der Waals surface area contributed by atoms with Crippen LogP contribution in [0.1, 0.15) is 54.6 Å². The molecule has 3 amide bonds. The molecule has 0 aliphatic carbocycles. The predicted octanol–water partition coefficient (Wildman–Crippen LogP) is 1.17. The lowest BCUT2D eigenvalue weighted by atomic mass is 9.79. The Labute approximate surface area is 171 Å². The monoisotopic (exact) mass is 398 g/mol. The number of carbonyl (C=O) groups excluding carboxylic acids is 3. The molecule has 4 rings (SSSR count). The van der Waals surface area contributed by atoms with Crippen LogP contribution >= 0.6 is 0 Å². The summed E-state index contributed by atoms with van der Waals surface area (Å²) in [4.78, 5) is 38.0. The lowest BCUT2D eigenvalue weighted by molar-refractivity contribution is -0.136. The van der Waals surface area contributed by atoms with Gasteiger partial charge < -0.3 is 15.5 Å². The maximum Gasteiger partial charge on any atom is 0.255 e. The summed E-state index contributed by atoms with van der Waals surface area (Å²) in [6.45, 7) is 8.80. The Bertz CT molecular complexity index is 835. The summed E-state index contributed by atoms with van der Waals surface area (Å²) in [5.74, 6) is -0.138. The second-order valence-corrected chi connectivity index (χ2v) is 9.39. The van der Waals surface area contributed by atoms with Crippen molar-refractivity contribution in [2.75, 3.05) is 19.6 Å². The molecule has 1 aromatic carbocycles. The third-order valence-corrected chi connectivity index (χ3v) is 6.23. The standard InChI is InChI=1S/C22H30N4O3/c1-22(2)8-15(11-24-13-22)10-23-9-14-3-4-16-12-26(21(29)17(16)7-14)18-5-6-19(27)25-20(18)28/h3-4,7,15,18,23-24H,5-6,8-13H2,1-2H3,(H,25,27,28). The third kappa shape index (κ3) is 4.36. The maximum absolute atomic E-state index is 12.9. The number of rotatable bonds is 5. The summed E-state index contributed by atoms with van der Waals surface area (Å²) in [5.41, 5.74) is 3.03. The van der Waals surface area contributed by atoms with E-state index in [0.717, 1.165) is 37.3 Å². The second kappa shape index (κ2) is 7.88. The highest BCUT2D eigenvalue weighted by molar-refractivity contribution is 6.05. The molecule has 7 heteroatoms. The number of hydrogen-bond acceptors (Lipinski definition) is 5. The number of nitrogens with zero attached hydrogens (tertiary/aromatic N) is 1. The van der Waals surface area contributed by atoms with Crippen molar-refractivity contribution in [2.24, 2.45) is 11.3 Å². The highest BCUT2D eigenvalue weighted by Crippen LogP contribution is 2.29. The molecule has 0 spiro atoms. The fourth-order valence-corrected chi connectivity index (χ4v) is 4.82. The van der Waals surface area contributed by atoms with E-state index in [4.69, 9.17) is 0 Å². The van der Waals surface area contributed by atoms with Gasteiger partial charge in [0.2, 0.25) is 11.8 Å². The molecule has 0 saturated carbocycles. The van der Waals surface area contributed by atoms with E-state index >= 15 is 0 Å². The number of hydrogen-bond donors (Lipinski definition) is 3. The van der Waals surface area contributed by atoms with Crippen molar-refractivity contribution in [1.82, 2.24) is 20.9 Å². The number of carbonyl (C=O) groups is 3.